The molecule has 0 unspecified atom stereocenters. The zero-order chi connectivity index (χ0) is 29.3. The molecule has 0 aromatic heterocycles. The molecule has 214 valence electrons. The summed E-state index contributed by atoms with van der Waals surface area (Å²) in [5.41, 5.74) is 1.86. The highest BCUT2D eigenvalue weighted by Gasteiger charge is 2.31. The molecule has 0 heterocycles. The van der Waals surface area contributed by atoms with Crippen LogP contribution in [0, 0.1) is 0 Å². The van der Waals surface area contributed by atoms with Crippen molar-refractivity contribution in [1.29, 1.82) is 0 Å². The van der Waals surface area contributed by atoms with Crippen molar-refractivity contribution in [2.45, 2.75) is 31.8 Å². The third-order valence-corrected chi connectivity index (χ3v) is 8.32. The van der Waals surface area contributed by atoms with Crippen molar-refractivity contribution in [3.05, 3.63) is 94.0 Å². The van der Waals surface area contributed by atoms with Crippen LogP contribution in [-0.2, 0) is 32.6 Å². The van der Waals surface area contributed by atoms with Crippen LogP contribution >= 0.6 is 23.2 Å². The summed E-state index contributed by atoms with van der Waals surface area (Å²) in [6.45, 7) is 0.0808. The van der Waals surface area contributed by atoms with Gasteiger partial charge in [0.05, 0.1) is 19.1 Å². The molecule has 2 amide bonds. The van der Waals surface area contributed by atoms with Gasteiger partial charge in [0.2, 0.25) is 21.8 Å². The molecular formula is C29H33Cl2N3O5S. The quantitative estimate of drug-likeness (QED) is 0.298. The maximum atomic E-state index is 13.7. The Morgan fingerprint density at radius 1 is 0.950 bits per heavy atom. The molecule has 0 radical (unpaired) electrons. The number of anilines is 1. The summed E-state index contributed by atoms with van der Waals surface area (Å²) >= 11 is 12.9. The van der Waals surface area contributed by atoms with Crippen molar-refractivity contribution in [3.63, 3.8) is 0 Å². The number of hydrogen-bond acceptors (Lipinski definition) is 5. The largest absolute Gasteiger partial charge is 0.497 e. The third-order valence-electron chi connectivity index (χ3n) is 6.42. The molecule has 3 aromatic rings. The lowest BCUT2D eigenvalue weighted by atomic mass is 10.0. The van der Waals surface area contributed by atoms with Crippen LogP contribution in [-0.4, -0.2) is 58.1 Å². The minimum absolute atomic E-state index is 0.00741. The van der Waals surface area contributed by atoms with Crippen LogP contribution in [0.2, 0.25) is 10.0 Å². The van der Waals surface area contributed by atoms with Crippen LogP contribution < -0.4 is 14.4 Å². The summed E-state index contributed by atoms with van der Waals surface area (Å²) in [6, 6.07) is 20.2. The summed E-state index contributed by atoms with van der Waals surface area (Å²) in [7, 11) is -0.575. The number of nitrogens with one attached hydrogen (secondary N) is 1. The molecule has 0 aliphatic heterocycles. The Bertz CT molecular complexity index is 1380. The summed E-state index contributed by atoms with van der Waals surface area (Å²) in [5, 5.41) is 3.42. The van der Waals surface area contributed by atoms with E-state index in [-0.39, 0.29) is 44.2 Å². The average Bonchev–Trinajstić information content (AvgIpc) is 2.93. The van der Waals surface area contributed by atoms with E-state index < -0.39 is 16.1 Å². The highest BCUT2D eigenvalue weighted by atomic mass is 35.5. The molecular weight excluding hydrogens is 573 g/mol. The second-order valence-corrected chi connectivity index (χ2v) is 11.9. The number of methoxy groups -OCH3 is 1. The standard InChI is InChI=1S/C29H33Cl2N3O5S/c1-32-29(36)27(19-21-9-5-4-6-10-21)33(20-24-25(30)11-7-12-26(24)31)28(35)13-8-18-34(40(3,37)38)22-14-16-23(39-2)17-15-22/h4-7,9-12,14-17,27H,8,13,18-20H2,1-3H3,(H,32,36)/t27-/m0/s1. The van der Waals surface area contributed by atoms with E-state index in [9.17, 15) is 18.0 Å². The number of rotatable bonds is 13. The number of hydrogen-bond donors (Lipinski definition) is 1. The summed E-state index contributed by atoms with van der Waals surface area (Å²) in [6.07, 6.45) is 1.60. The van der Waals surface area contributed by atoms with Crippen molar-refractivity contribution in [2.24, 2.45) is 0 Å². The van der Waals surface area contributed by atoms with Gasteiger partial charge in [0, 0.05) is 48.6 Å². The Labute approximate surface area is 245 Å². The summed E-state index contributed by atoms with van der Waals surface area (Å²) in [5.74, 6) is -0.0695. The van der Waals surface area contributed by atoms with Crippen LogP contribution in [0.5, 0.6) is 5.75 Å². The number of likely N-dealkylation sites (N-methyl/N-ethyl adjacent to an activating group) is 1. The fourth-order valence-corrected chi connectivity index (χ4v) is 5.81. The molecule has 0 saturated carbocycles. The lowest BCUT2D eigenvalue weighted by Crippen LogP contribution is -2.50. The van der Waals surface area contributed by atoms with E-state index in [0.29, 0.717) is 27.0 Å². The Morgan fingerprint density at radius 2 is 1.57 bits per heavy atom. The third kappa shape index (κ3) is 8.36. The van der Waals surface area contributed by atoms with Gasteiger partial charge in [-0.3, -0.25) is 13.9 Å². The Kier molecular flexibility index (Phi) is 11.2. The number of halogens is 2. The second-order valence-electron chi connectivity index (χ2n) is 9.18. The zero-order valence-electron chi connectivity index (χ0n) is 22.6. The first-order chi connectivity index (χ1) is 19.0. The number of amides is 2. The maximum absolute atomic E-state index is 13.7. The summed E-state index contributed by atoms with van der Waals surface area (Å²) in [4.78, 5) is 28.3. The Hall–Kier alpha value is -3.27. The van der Waals surface area contributed by atoms with Gasteiger partial charge in [0.25, 0.3) is 0 Å². The lowest BCUT2D eigenvalue weighted by molar-refractivity contribution is -0.141. The number of sulfonamides is 1. The Balaban J connectivity index is 1.87. The average molecular weight is 607 g/mol. The van der Waals surface area contributed by atoms with Crippen LogP contribution in [0.25, 0.3) is 0 Å². The SMILES string of the molecule is CNC(=O)[C@H](Cc1ccccc1)N(Cc1c(Cl)cccc1Cl)C(=O)CCCN(c1ccc(OC)cc1)S(C)(=O)=O. The number of carbonyl (C=O) groups excluding carboxylic acids is 2. The number of nitrogens with zero attached hydrogens (tertiary/aromatic N) is 2. The van der Waals surface area contributed by atoms with Crippen LogP contribution in [0.15, 0.2) is 72.8 Å². The molecule has 1 N–H and O–H groups in total. The number of carbonyl (C=O) groups is 2. The minimum Gasteiger partial charge on any atom is -0.497 e. The first-order valence-electron chi connectivity index (χ1n) is 12.6. The van der Waals surface area contributed by atoms with Crippen molar-refractivity contribution >= 4 is 50.7 Å². The fraction of sp³-hybridized carbons (Fsp3) is 0.310. The molecule has 0 aliphatic rings. The van der Waals surface area contributed by atoms with Gasteiger partial charge in [0.15, 0.2) is 0 Å². The van der Waals surface area contributed by atoms with Crippen molar-refractivity contribution in [2.75, 3.05) is 31.3 Å². The van der Waals surface area contributed by atoms with E-state index in [4.69, 9.17) is 27.9 Å². The minimum atomic E-state index is -3.62. The smallest absolute Gasteiger partial charge is 0.242 e. The summed E-state index contributed by atoms with van der Waals surface area (Å²) < 4.78 is 31.5. The normalized spacial score (nSPS) is 11.9. The predicted octanol–water partition coefficient (Wildman–Crippen LogP) is 4.93. The predicted molar refractivity (Wildman–Crippen MR) is 159 cm³/mol. The van der Waals surface area contributed by atoms with Gasteiger partial charge in [-0.05, 0) is 48.4 Å². The zero-order valence-corrected chi connectivity index (χ0v) is 25.0. The van der Waals surface area contributed by atoms with Gasteiger partial charge in [-0.25, -0.2) is 8.42 Å². The maximum Gasteiger partial charge on any atom is 0.242 e. The molecule has 0 spiro atoms. The van der Waals surface area contributed by atoms with Gasteiger partial charge < -0.3 is 15.0 Å². The molecule has 1 atom stereocenters. The topological polar surface area (TPSA) is 96.0 Å². The van der Waals surface area contributed by atoms with Gasteiger partial charge in [0.1, 0.15) is 11.8 Å². The van der Waals surface area contributed by atoms with E-state index >= 15 is 0 Å². The van der Waals surface area contributed by atoms with Crippen LogP contribution in [0.1, 0.15) is 24.0 Å². The van der Waals surface area contributed by atoms with E-state index in [2.05, 4.69) is 5.32 Å². The fourth-order valence-electron chi connectivity index (χ4n) is 4.33. The monoisotopic (exact) mass is 605 g/mol. The highest BCUT2D eigenvalue weighted by molar-refractivity contribution is 7.92. The first-order valence-corrected chi connectivity index (χ1v) is 15.2. The lowest BCUT2D eigenvalue weighted by Gasteiger charge is -2.32. The van der Waals surface area contributed by atoms with Crippen LogP contribution in [0.4, 0.5) is 5.69 Å². The van der Waals surface area contributed by atoms with Gasteiger partial charge in [-0.2, -0.15) is 0 Å². The molecule has 0 fully saturated rings. The first kappa shape index (κ1) is 31.3. The van der Waals surface area contributed by atoms with Crippen molar-refractivity contribution < 1.29 is 22.7 Å². The van der Waals surface area contributed by atoms with E-state index in [1.165, 1.54) is 23.4 Å². The van der Waals surface area contributed by atoms with E-state index in [1.807, 2.05) is 30.3 Å². The molecule has 0 saturated heterocycles. The molecule has 0 aliphatic carbocycles. The van der Waals surface area contributed by atoms with E-state index in [1.54, 1.807) is 42.5 Å². The highest BCUT2D eigenvalue weighted by Crippen LogP contribution is 2.28. The number of benzene rings is 3. The van der Waals surface area contributed by atoms with Gasteiger partial charge >= 0.3 is 0 Å². The molecule has 3 aromatic carbocycles. The van der Waals surface area contributed by atoms with Gasteiger partial charge in [-0.15, -0.1) is 0 Å². The van der Waals surface area contributed by atoms with E-state index in [0.717, 1.165) is 11.8 Å². The molecule has 11 heteroatoms. The molecule has 3 rings (SSSR count). The van der Waals surface area contributed by atoms with Crippen LogP contribution in [0.3, 0.4) is 0 Å². The number of ether oxygens (including phenoxy) is 1. The molecule has 8 nitrogen and oxygen atoms in total. The second kappa shape index (κ2) is 14.4. The van der Waals surface area contributed by atoms with Crippen molar-refractivity contribution in [3.8, 4) is 5.75 Å². The van der Waals surface area contributed by atoms with Gasteiger partial charge in [-0.1, -0.05) is 59.6 Å². The molecule has 0 bridgehead atoms. The van der Waals surface area contributed by atoms with Crippen molar-refractivity contribution in [1.82, 2.24) is 10.2 Å². The molecule has 40 heavy (non-hydrogen) atoms. The Morgan fingerprint density at radius 3 is 2.12 bits per heavy atom.